The monoisotopic (exact) mass is 441 g/mol. The fourth-order valence-corrected chi connectivity index (χ4v) is 3.67. The minimum Gasteiger partial charge on any atom is -0.322 e. The number of amides is 1. The molecule has 0 aliphatic carbocycles. The number of pyridine rings is 1. The minimum atomic E-state index is -1.43. The van der Waals surface area contributed by atoms with Gasteiger partial charge in [0.15, 0.2) is 11.6 Å². The summed E-state index contributed by atoms with van der Waals surface area (Å²) in [6.07, 6.45) is 5.70. The molecule has 0 unspecified atom stereocenters. The number of aromatic nitrogens is 5. The lowest BCUT2D eigenvalue weighted by Crippen LogP contribution is -2.42. The van der Waals surface area contributed by atoms with Crippen molar-refractivity contribution >= 4 is 22.5 Å². The van der Waals surface area contributed by atoms with E-state index in [4.69, 9.17) is 0 Å². The first-order valence-electron chi connectivity index (χ1n) is 9.94. The van der Waals surface area contributed by atoms with Gasteiger partial charge in [0.05, 0.1) is 41.4 Å². The first kappa shape index (κ1) is 20.2. The number of H-pyrrole nitrogens is 1. The summed E-state index contributed by atoms with van der Waals surface area (Å²) in [5.41, 5.74) is 0.495. The number of fused-ring (bicyclic) bond motifs is 1. The van der Waals surface area contributed by atoms with Gasteiger partial charge in [0.2, 0.25) is 5.91 Å². The number of benzene rings is 1. The van der Waals surface area contributed by atoms with Crippen LogP contribution in [0.4, 0.5) is 18.9 Å². The smallest absolute Gasteiger partial charge is 0.238 e. The Labute approximate surface area is 180 Å². The van der Waals surface area contributed by atoms with Crippen molar-refractivity contribution in [3.63, 3.8) is 0 Å². The van der Waals surface area contributed by atoms with Crippen LogP contribution in [0.3, 0.4) is 0 Å². The predicted octanol–water partition coefficient (Wildman–Crippen LogP) is 3.09. The second-order valence-corrected chi connectivity index (χ2v) is 7.68. The lowest BCUT2D eigenvalue weighted by atomic mass is 10.1. The molecule has 0 radical (unpaired) electrons. The van der Waals surface area contributed by atoms with Crippen LogP contribution in [-0.4, -0.2) is 55.4 Å². The van der Waals surface area contributed by atoms with Gasteiger partial charge in [0, 0.05) is 30.3 Å². The van der Waals surface area contributed by atoms with E-state index in [1.807, 2.05) is 4.90 Å². The Kier molecular flexibility index (Phi) is 4.89. The van der Waals surface area contributed by atoms with Gasteiger partial charge in [-0.05, 0) is 25.6 Å². The van der Waals surface area contributed by atoms with Crippen LogP contribution in [0.2, 0.25) is 0 Å². The second kappa shape index (κ2) is 7.75. The summed E-state index contributed by atoms with van der Waals surface area (Å²) in [5.74, 6) is -4.35. The fraction of sp³-hybridized carbons (Fsp3) is 0.238. The molecule has 1 aliphatic heterocycles. The maximum atomic E-state index is 14.9. The van der Waals surface area contributed by atoms with Gasteiger partial charge in [-0.1, -0.05) is 0 Å². The van der Waals surface area contributed by atoms with Gasteiger partial charge in [-0.15, -0.1) is 0 Å². The number of anilines is 1. The van der Waals surface area contributed by atoms with Gasteiger partial charge in [-0.25, -0.2) is 13.2 Å². The lowest BCUT2D eigenvalue weighted by Gasteiger charge is -2.29. The number of nitrogens with zero attached hydrogens (tertiary/aromatic N) is 5. The molecule has 3 aromatic heterocycles. The van der Waals surface area contributed by atoms with Gasteiger partial charge in [-0.2, -0.15) is 10.2 Å². The molecule has 4 aromatic rings. The minimum absolute atomic E-state index is 0.0419. The van der Waals surface area contributed by atoms with E-state index in [0.29, 0.717) is 22.2 Å². The summed E-state index contributed by atoms with van der Waals surface area (Å²) in [4.78, 5) is 18.0. The molecule has 1 fully saturated rings. The molecule has 2 N–H and O–H groups in total. The zero-order chi connectivity index (χ0) is 22.4. The Balaban J connectivity index is 1.51. The molecular formula is C21H18F3N7O. The summed E-state index contributed by atoms with van der Waals surface area (Å²) < 4.78 is 46.1. The van der Waals surface area contributed by atoms with E-state index < -0.39 is 34.6 Å². The van der Waals surface area contributed by atoms with Crippen LogP contribution in [0, 0.1) is 17.5 Å². The molecule has 5 rings (SSSR count). The first-order chi connectivity index (χ1) is 15.4. The van der Waals surface area contributed by atoms with E-state index in [0.717, 1.165) is 25.6 Å². The Bertz CT molecular complexity index is 1340. The van der Waals surface area contributed by atoms with E-state index in [9.17, 15) is 18.0 Å². The molecule has 1 saturated heterocycles. The Hall–Kier alpha value is -3.73. The largest absolute Gasteiger partial charge is 0.322 e. The molecule has 164 valence electrons. The standard InChI is InChI=1S/C21H18F3N7O/c1-30-9-11(7-26-30)21-12-5-14(25-8-16(12)28-29-21)18-13(22)6-15(19(23)20(18)24)27-17(32)10-31-3-2-4-31/h5-9H,2-4,10H2,1H3,(H,27,32)(H,28,29). The van der Waals surface area contributed by atoms with Gasteiger partial charge >= 0.3 is 0 Å². The molecule has 0 saturated carbocycles. The van der Waals surface area contributed by atoms with Crippen LogP contribution in [0.15, 0.2) is 30.7 Å². The van der Waals surface area contributed by atoms with Crippen LogP contribution in [0.25, 0.3) is 33.4 Å². The molecule has 1 amide bonds. The number of carbonyl (C=O) groups excluding carboxylic acids is 1. The SMILES string of the molecule is Cn1cc(-c2n[nH]c3cnc(-c4c(F)cc(NC(=O)CN5CCC5)c(F)c4F)cc23)cn1. The number of likely N-dealkylation sites (tertiary alicyclic amines) is 1. The maximum Gasteiger partial charge on any atom is 0.238 e. The van der Waals surface area contributed by atoms with Gasteiger partial charge < -0.3 is 5.32 Å². The highest BCUT2D eigenvalue weighted by Crippen LogP contribution is 2.34. The zero-order valence-electron chi connectivity index (χ0n) is 17.0. The summed E-state index contributed by atoms with van der Waals surface area (Å²) in [7, 11) is 1.75. The molecule has 32 heavy (non-hydrogen) atoms. The average Bonchev–Trinajstić information content (AvgIpc) is 3.34. The number of rotatable bonds is 5. The Morgan fingerprint density at radius 1 is 1.19 bits per heavy atom. The number of nitrogens with one attached hydrogen (secondary N) is 2. The number of carbonyl (C=O) groups is 1. The maximum absolute atomic E-state index is 14.9. The molecule has 1 aromatic carbocycles. The lowest BCUT2D eigenvalue weighted by molar-refractivity contribution is -0.118. The van der Waals surface area contributed by atoms with Crippen LogP contribution < -0.4 is 5.32 Å². The first-order valence-corrected chi connectivity index (χ1v) is 9.94. The van der Waals surface area contributed by atoms with Crippen LogP contribution in [-0.2, 0) is 11.8 Å². The van der Waals surface area contributed by atoms with Crippen molar-refractivity contribution in [1.29, 1.82) is 0 Å². The molecule has 4 heterocycles. The molecule has 0 spiro atoms. The highest BCUT2D eigenvalue weighted by molar-refractivity contribution is 5.95. The van der Waals surface area contributed by atoms with Crippen molar-refractivity contribution in [2.45, 2.75) is 6.42 Å². The van der Waals surface area contributed by atoms with Gasteiger partial charge in [-0.3, -0.25) is 24.5 Å². The average molecular weight is 441 g/mol. The van der Waals surface area contributed by atoms with Gasteiger partial charge in [0.1, 0.15) is 11.5 Å². The summed E-state index contributed by atoms with van der Waals surface area (Å²) in [6.45, 7) is 1.57. The number of aromatic amines is 1. The van der Waals surface area contributed by atoms with Crippen molar-refractivity contribution in [1.82, 2.24) is 29.9 Å². The van der Waals surface area contributed by atoms with E-state index >= 15 is 0 Å². The van der Waals surface area contributed by atoms with Crippen molar-refractivity contribution in [3.8, 4) is 22.5 Å². The van der Waals surface area contributed by atoms with Crippen molar-refractivity contribution in [3.05, 3.63) is 48.2 Å². The number of hydrogen-bond donors (Lipinski definition) is 2. The number of halogens is 3. The second-order valence-electron chi connectivity index (χ2n) is 7.68. The number of aryl methyl sites for hydroxylation is 1. The third-order valence-corrected chi connectivity index (χ3v) is 5.43. The topological polar surface area (TPSA) is 91.7 Å². The van der Waals surface area contributed by atoms with E-state index in [1.165, 1.54) is 12.3 Å². The van der Waals surface area contributed by atoms with Crippen molar-refractivity contribution in [2.24, 2.45) is 7.05 Å². The molecule has 1 aliphatic rings. The highest BCUT2D eigenvalue weighted by atomic mass is 19.2. The van der Waals surface area contributed by atoms with Crippen LogP contribution in [0.5, 0.6) is 0 Å². The Morgan fingerprint density at radius 2 is 2.00 bits per heavy atom. The zero-order valence-corrected chi connectivity index (χ0v) is 17.0. The summed E-state index contributed by atoms with van der Waals surface area (Å²) in [6, 6.07) is 2.20. The third kappa shape index (κ3) is 3.50. The quantitative estimate of drug-likeness (QED) is 0.465. The predicted molar refractivity (Wildman–Crippen MR) is 111 cm³/mol. The number of hydrogen-bond acceptors (Lipinski definition) is 5. The summed E-state index contributed by atoms with van der Waals surface area (Å²) >= 11 is 0. The molecule has 11 heteroatoms. The molecule has 0 atom stereocenters. The van der Waals surface area contributed by atoms with E-state index in [-0.39, 0.29) is 12.2 Å². The van der Waals surface area contributed by atoms with Crippen molar-refractivity contribution in [2.75, 3.05) is 25.0 Å². The normalized spacial score (nSPS) is 14.0. The molecular weight excluding hydrogens is 423 g/mol. The Morgan fingerprint density at radius 3 is 2.69 bits per heavy atom. The van der Waals surface area contributed by atoms with E-state index in [2.05, 4.69) is 25.6 Å². The van der Waals surface area contributed by atoms with E-state index in [1.54, 1.807) is 24.1 Å². The third-order valence-electron chi connectivity index (χ3n) is 5.43. The van der Waals surface area contributed by atoms with Crippen LogP contribution in [0.1, 0.15) is 6.42 Å². The van der Waals surface area contributed by atoms with Crippen LogP contribution >= 0.6 is 0 Å². The molecule has 8 nitrogen and oxygen atoms in total. The molecule has 0 bridgehead atoms. The fourth-order valence-electron chi connectivity index (χ4n) is 3.67. The highest BCUT2D eigenvalue weighted by Gasteiger charge is 2.24. The van der Waals surface area contributed by atoms with Crippen molar-refractivity contribution < 1.29 is 18.0 Å². The van der Waals surface area contributed by atoms with Gasteiger partial charge in [0.25, 0.3) is 0 Å². The summed E-state index contributed by atoms with van der Waals surface area (Å²) in [5, 5.41) is 13.9.